The fraction of sp³-hybridized carbons (Fsp3) is 0.818. The first kappa shape index (κ1) is 14.9. The molecule has 0 saturated carbocycles. The van der Waals surface area contributed by atoms with E-state index in [1.165, 1.54) is 11.9 Å². The number of nitrogens with one attached hydrogen (secondary N) is 1. The molecule has 2 N–H and O–H groups in total. The van der Waals surface area contributed by atoms with E-state index in [9.17, 15) is 9.59 Å². The lowest BCUT2D eigenvalue weighted by Crippen LogP contribution is -2.48. The van der Waals surface area contributed by atoms with Gasteiger partial charge in [0.1, 0.15) is 0 Å². The van der Waals surface area contributed by atoms with Gasteiger partial charge in [-0.2, -0.15) is 0 Å². The molecule has 0 heterocycles. The van der Waals surface area contributed by atoms with Crippen LogP contribution in [0.25, 0.3) is 0 Å². The molecule has 0 spiro atoms. The molecule has 0 aromatic carbocycles. The topological polar surface area (TPSA) is 69.6 Å². The lowest BCUT2D eigenvalue weighted by atomic mass is 10.1. The number of hydrogen-bond donors (Lipinski definition) is 2. The summed E-state index contributed by atoms with van der Waals surface area (Å²) in [6.07, 6.45) is 1.94. The molecule has 5 nitrogen and oxygen atoms in total. The first-order valence-electron chi connectivity index (χ1n) is 5.55. The monoisotopic (exact) mass is 230 g/mol. The van der Waals surface area contributed by atoms with Gasteiger partial charge in [-0.25, -0.2) is 4.79 Å². The maximum absolute atomic E-state index is 11.7. The SMILES string of the molecule is CNC(C(=O)O)C(=O)N(C)CCCC(C)C. The predicted octanol–water partition coefficient (Wildman–Crippen LogP) is 0.554. The van der Waals surface area contributed by atoms with E-state index in [4.69, 9.17) is 5.11 Å². The highest BCUT2D eigenvalue weighted by atomic mass is 16.4. The molecule has 1 amide bonds. The van der Waals surface area contributed by atoms with Gasteiger partial charge in [0.05, 0.1) is 0 Å². The number of carboxylic acids is 1. The minimum absolute atomic E-state index is 0.390. The fourth-order valence-corrected chi connectivity index (χ4v) is 1.42. The number of nitrogens with zero attached hydrogens (tertiary/aromatic N) is 1. The summed E-state index contributed by atoms with van der Waals surface area (Å²) in [6.45, 7) is 4.84. The van der Waals surface area contributed by atoms with Crippen molar-refractivity contribution >= 4 is 11.9 Å². The van der Waals surface area contributed by atoms with E-state index in [0.717, 1.165) is 12.8 Å². The average molecular weight is 230 g/mol. The number of carbonyl (C=O) groups excluding carboxylic acids is 1. The van der Waals surface area contributed by atoms with Gasteiger partial charge in [-0.1, -0.05) is 13.8 Å². The fourth-order valence-electron chi connectivity index (χ4n) is 1.42. The zero-order valence-electron chi connectivity index (χ0n) is 10.5. The molecule has 0 aliphatic rings. The molecule has 0 aliphatic carbocycles. The van der Waals surface area contributed by atoms with Crippen molar-refractivity contribution in [3.8, 4) is 0 Å². The summed E-state index contributed by atoms with van der Waals surface area (Å²) in [5.41, 5.74) is 0. The van der Waals surface area contributed by atoms with Gasteiger partial charge in [0, 0.05) is 13.6 Å². The largest absolute Gasteiger partial charge is 0.480 e. The van der Waals surface area contributed by atoms with Crippen LogP contribution in [-0.2, 0) is 9.59 Å². The van der Waals surface area contributed by atoms with Crippen molar-refractivity contribution in [2.45, 2.75) is 32.7 Å². The molecule has 1 atom stereocenters. The van der Waals surface area contributed by atoms with Crippen molar-refractivity contribution < 1.29 is 14.7 Å². The van der Waals surface area contributed by atoms with Crippen molar-refractivity contribution in [3.63, 3.8) is 0 Å². The smallest absolute Gasteiger partial charge is 0.330 e. The van der Waals surface area contributed by atoms with E-state index in [2.05, 4.69) is 19.2 Å². The highest BCUT2D eigenvalue weighted by Gasteiger charge is 2.26. The molecular weight excluding hydrogens is 208 g/mol. The van der Waals surface area contributed by atoms with E-state index in [-0.39, 0.29) is 0 Å². The number of likely N-dealkylation sites (N-methyl/N-ethyl adjacent to an activating group) is 2. The van der Waals surface area contributed by atoms with Gasteiger partial charge >= 0.3 is 5.97 Å². The van der Waals surface area contributed by atoms with Crippen LogP contribution in [0.4, 0.5) is 0 Å². The van der Waals surface area contributed by atoms with Crippen LogP contribution in [0, 0.1) is 5.92 Å². The maximum Gasteiger partial charge on any atom is 0.330 e. The maximum atomic E-state index is 11.7. The molecule has 5 heteroatoms. The van der Waals surface area contributed by atoms with Crippen LogP contribution < -0.4 is 5.32 Å². The Labute approximate surface area is 96.8 Å². The van der Waals surface area contributed by atoms with Gasteiger partial charge < -0.3 is 10.0 Å². The van der Waals surface area contributed by atoms with Crippen molar-refractivity contribution in [2.75, 3.05) is 20.6 Å². The summed E-state index contributed by atoms with van der Waals surface area (Å²) in [5.74, 6) is -0.926. The molecule has 1 unspecified atom stereocenters. The molecular formula is C11H22N2O3. The number of carbonyl (C=O) groups is 2. The lowest BCUT2D eigenvalue weighted by Gasteiger charge is -2.21. The van der Waals surface area contributed by atoms with Crippen LogP contribution in [-0.4, -0.2) is 48.6 Å². The van der Waals surface area contributed by atoms with Gasteiger partial charge in [-0.05, 0) is 25.8 Å². The zero-order valence-corrected chi connectivity index (χ0v) is 10.5. The molecule has 0 aliphatic heterocycles. The van der Waals surface area contributed by atoms with E-state index in [1.807, 2.05) is 0 Å². The standard InChI is InChI=1S/C11H22N2O3/c1-8(2)6-5-7-13(4)10(14)9(12-3)11(15)16/h8-9,12H,5-7H2,1-4H3,(H,15,16). The Hall–Kier alpha value is -1.10. The van der Waals surface area contributed by atoms with Crippen molar-refractivity contribution in [3.05, 3.63) is 0 Å². The molecule has 0 bridgehead atoms. The molecule has 0 saturated heterocycles. The van der Waals surface area contributed by atoms with Gasteiger partial charge in [0.15, 0.2) is 6.04 Å². The molecule has 0 fully saturated rings. The molecule has 0 aromatic heterocycles. The number of carboxylic acid groups (broad SMARTS) is 1. The second kappa shape index (κ2) is 7.22. The van der Waals surface area contributed by atoms with Gasteiger partial charge in [-0.15, -0.1) is 0 Å². The number of amides is 1. The van der Waals surface area contributed by atoms with E-state index >= 15 is 0 Å². The lowest BCUT2D eigenvalue weighted by molar-refractivity contribution is -0.147. The van der Waals surface area contributed by atoms with Crippen molar-refractivity contribution in [2.24, 2.45) is 5.92 Å². The van der Waals surface area contributed by atoms with Crippen LogP contribution in [0.2, 0.25) is 0 Å². The minimum atomic E-state index is -1.14. The average Bonchev–Trinajstić information content (AvgIpc) is 2.17. The predicted molar refractivity (Wildman–Crippen MR) is 62.2 cm³/mol. The number of hydrogen-bond acceptors (Lipinski definition) is 3. The minimum Gasteiger partial charge on any atom is -0.480 e. The summed E-state index contributed by atoms with van der Waals surface area (Å²) < 4.78 is 0. The molecule has 94 valence electrons. The quantitative estimate of drug-likeness (QED) is 0.627. The summed E-state index contributed by atoms with van der Waals surface area (Å²) in [4.78, 5) is 23.9. The van der Waals surface area contributed by atoms with E-state index in [0.29, 0.717) is 12.5 Å². The first-order chi connectivity index (χ1) is 7.40. The molecule has 16 heavy (non-hydrogen) atoms. The van der Waals surface area contributed by atoms with Crippen molar-refractivity contribution in [1.29, 1.82) is 0 Å². The first-order valence-corrected chi connectivity index (χ1v) is 5.55. The highest BCUT2D eigenvalue weighted by molar-refractivity contribution is 6.00. The molecule has 0 radical (unpaired) electrons. The summed E-state index contributed by atoms with van der Waals surface area (Å²) >= 11 is 0. The Morgan fingerprint density at radius 3 is 2.31 bits per heavy atom. The van der Waals surface area contributed by atoms with Crippen molar-refractivity contribution in [1.82, 2.24) is 10.2 Å². The van der Waals surface area contributed by atoms with Gasteiger partial charge in [0.25, 0.3) is 5.91 Å². The van der Waals surface area contributed by atoms with E-state index in [1.54, 1.807) is 7.05 Å². The Kier molecular flexibility index (Phi) is 6.72. The highest BCUT2D eigenvalue weighted by Crippen LogP contribution is 2.04. The third kappa shape index (κ3) is 5.11. The summed E-state index contributed by atoms with van der Waals surface area (Å²) in [6, 6.07) is -1.14. The third-order valence-electron chi connectivity index (χ3n) is 2.43. The Morgan fingerprint density at radius 1 is 1.38 bits per heavy atom. The van der Waals surface area contributed by atoms with Crippen LogP contribution in [0.15, 0.2) is 0 Å². The summed E-state index contributed by atoms with van der Waals surface area (Å²) in [5, 5.41) is 11.3. The Morgan fingerprint density at radius 2 is 1.94 bits per heavy atom. The van der Waals surface area contributed by atoms with E-state index < -0.39 is 17.9 Å². The zero-order chi connectivity index (χ0) is 12.7. The van der Waals surface area contributed by atoms with Crippen LogP contribution in [0.5, 0.6) is 0 Å². The third-order valence-corrected chi connectivity index (χ3v) is 2.43. The second-order valence-electron chi connectivity index (χ2n) is 4.36. The van der Waals surface area contributed by atoms with Crippen LogP contribution in [0.3, 0.4) is 0 Å². The van der Waals surface area contributed by atoms with Crippen LogP contribution in [0.1, 0.15) is 26.7 Å². The molecule has 0 rings (SSSR count). The van der Waals surface area contributed by atoms with Crippen LogP contribution >= 0.6 is 0 Å². The number of aliphatic carboxylic acids is 1. The van der Waals surface area contributed by atoms with Gasteiger partial charge in [0.2, 0.25) is 0 Å². The molecule has 0 aromatic rings. The second-order valence-corrected chi connectivity index (χ2v) is 4.36. The normalized spacial score (nSPS) is 12.6. The Bertz CT molecular complexity index is 241. The summed E-state index contributed by atoms with van der Waals surface area (Å²) in [7, 11) is 3.11. The number of rotatable bonds is 7. The van der Waals surface area contributed by atoms with Gasteiger partial charge in [-0.3, -0.25) is 10.1 Å². The Balaban J connectivity index is 4.11.